The summed E-state index contributed by atoms with van der Waals surface area (Å²) in [6.07, 6.45) is 1.63. The lowest BCUT2D eigenvalue weighted by atomic mass is 10.1. The third-order valence-corrected chi connectivity index (χ3v) is 5.06. The first kappa shape index (κ1) is 24.0. The first-order valence-electron chi connectivity index (χ1n) is 10.3. The monoisotopic (exact) mass is 551 g/mol. The molecule has 3 aromatic rings. The van der Waals surface area contributed by atoms with Gasteiger partial charge in [0.25, 0.3) is 0 Å². The molecule has 0 aliphatic carbocycles. The summed E-state index contributed by atoms with van der Waals surface area (Å²) in [7, 11) is 1.69. The van der Waals surface area contributed by atoms with E-state index in [1.54, 1.807) is 19.4 Å². The van der Waals surface area contributed by atoms with Gasteiger partial charge in [-0.05, 0) is 29.8 Å². The Morgan fingerprint density at radius 1 is 1.09 bits per heavy atom. The van der Waals surface area contributed by atoms with Crippen molar-refractivity contribution < 1.29 is 13.5 Å². The highest BCUT2D eigenvalue weighted by Gasteiger charge is 2.15. The van der Waals surface area contributed by atoms with Crippen molar-refractivity contribution in [3.63, 3.8) is 0 Å². The molecule has 7 nitrogen and oxygen atoms in total. The minimum absolute atomic E-state index is 0. The molecule has 1 saturated heterocycles. The zero-order chi connectivity index (χ0) is 21.5. The van der Waals surface area contributed by atoms with Crippen LogP contribution in [0.3, 0.4) is 0 Å². The summed E-state index contributed by atoms with van der Waals surface area (Å²) in [5, 5.41) is 6.40. The molecule has 9 heteroatoms. The van der Waals surface area contributed by atoms with Gasteiger partial charge < -0.3 is 24.7 Å². The Kier molecular flexibility index (Phi) is 8.86. The molecular formula is C23H27FIN5O2. The molecule has 2 N–H and O–H groups in total. The molecular weight excluding hydrogens is 524 g/mol. The number of hydrogen-bond acceptors (Lipinski definition) is 5. The van der Waals surface area contributed by atoms with Gasteiger partial charge in [-0.15, -0.1) is 24.0 Å². The summed E-state index contributed by atoms with van der Waals surface area (Å²) >= 11 is 0. The Balaban J connectivity index is 0.00000289. The summed E-state index contributed by atoms with van der Waals surface area (Å²) in [6.45, 7) is 3.58. The molecule has 0 amide bonds. The van der Waals surface area contributed by atoms with Gasteiger partial charge in [0.1, 0.15) is 12.1 Å². The minimum atomic E-state index is -0.222. The smallest absolute Gasteiger partial charge is 0.226 e. The molecule has 0 radical (unpaired) electrons. The normalized spacial score (nSPS) is 14.1. The molecule has 4 rings (SSSR count). The Hall–Kier alpha value is -2.66. The molecule has 2 heterocycles. The van der Waals surface area contributed by atoms with E-state index >= 15 is 0 Å². The second-order valence-corrected chi connectivity index (χ2v) is 7.17. The fourth-order valence-corrected chi connectivity index (χ4v) is 3.40. The lowest BCUT2D eigenvalue weighted by Gasteiger charge is -2.29. The van der Waals surface area contributed by atoms with Crippen LogP contribution < -0.4 is 15.5 Å². The van der Waals surface area contributed by atoms with Gasteiger partial charge in [-0.1, -0.05) is 24.3 Å². The van der Waals surface area contributed by atoms with E-state index in [1.807, 2.05) is 47.4 Å². The molecule has 1 fully saturated rings. The SMILES string of the molecule is CN=C(NCc1ccc(N2CCOCC2)c(F)c1)NCc1coc(-c2ccccc2)n1.I. The number of rotatable bonds is 6. The highest BCUT2D eigenvalue weighted by molar-refractivity contribution is 14.0. The molecule has 0 spiro atoms. The quantitative estimate of drug-likeness (QED) is 0.276. The van der Waals surface area contributed by atoms with Crippen LogP contribution in [0, 0.1) is 5.82 Å². The summed E-state index contributed by atoms with van der Waals surface area (Å²) < 4.78 is 25.5. The first-order valence-corrected chi connectivity index (χ1v) is 10.3. The van der Waals surface area contributed by atoms with E-state index in [2.05, 4.69) is 20.6 Å². The number of oxazole rings is 1. The third kappa shape index (κ3) is 6.19. The molecule has 0 unspecified atom stereocenters. The molecule has 1 aromatic heterocycles. The van der Waals surface area contributed by atoms with E-state index < -0.39 is 0 Å². The van der Waals surface area contributed by atoms with Crippen LogP contribution in [0.5, 0.6) is 0 Å². The van der Waals surface area contributed by atoms with Crippen LogP contribution in [0.2, 0.25) is 0 Å². The van der Waals surface area contributed by atoms with Crippen LogP contribution >= 0.6 is 24.0 Å². The van der Waals surface area contributed by atoms with Crippen LogP contribution in [0.1, 0.15) is 11.3 Å². The number of nitrogens with one attached hydrogen (secondary N) is 2. The molecule has 0 saturated carbocycles. The number of nitrogens with zero attached hydrogens (tertiary/aromatic N) is 3. The molecule has 170 valence electrons. The number of ether oxygens (including phenoxy) is 1. The van der Waals surface area contributed by atoms with Crippen LogP contribution in [-0.4, -0.2) is 44.3 Å². The first-order chi connectivity index (χ1) is 15.2. The standard InChI is InChI=1S/C23H26FN5O2.HI/c1-25-23(27-15-19-16-31-22(28-19)18-5-3-2-4-6-18)26-14-17-7-8-21(20(24)13-17)29-9-11-30-12-10-29;/h2-8,13,16H,9-12,14-15H2,1H3,(H2,25,26,27);1H. The maximum absolute atomic E-state index is 14.6. The van der Waals surface area contributed by atoms with E-state index in [1.165, 1.54) is 0 Å². The fraction of sp³-hybridized carbons (Fsp3) is 0.304. The zero-order valence-corrected chi connectivity index (χ0v) is 20.2. The number of halogens is 2. The van der Waals surface area contributed by atoms with Crippen molar-refractivity contribution in [2.45, 2.75) is 13.1 Å². The van der Waals surface area contributed by atoms with E-state index in [-0.39, 0.29) is 29.8 Å². The maximum Gasteiger partial charge on any atom is 0.226 e. The van der Waals surface area contributed by atoms with Crippen LogP contribution in [-0.2, 0) is 17.8 Å². The van der Waals surface area contributed by atoms with Crippen LogP contribution in [0.25, 0.3) is 11.5 Å². The van der Waals surface area contributed by atoms with Crippen molar-refractivity contribution in [2.24, 2.45) is 4.99 Å². The Morgan fingerprint density at radius 2 is 1.84 bits per heavy atom. The van der Waals surface area contributed by atoms with Gasteiger partial charge in [-0.25, -0.2) is 9.37 Å². The number of benzene rings is 2. The van der Waals surface area contributed by atoms with Crippen molar-refractivity contribution in [1.82, 2.24) is 15.6 Å². The van der Waals surface area contributed by atoms with Crippen LogP contribution in [0.15, 0.2) is 64.2 Å². The number of guanidine groups is 1. The van der Waals surface area contributed by atoms with Gasteiger partial charge in [0, 0.05) is 32.2 Å². The Bertz CT molecular complexity index is 1020. The van der Waals surface area contributed by atoms with Gasteiger partial charge in [0.15, 0.2) is 5.96 Å². The third-order valence-electron chi connectivity index (χ3n) is 5.06. The number of aliphatic imine (C=N–C) groups is 1. The van der Waals surface area contributed by atoms with Gasteiger partial charge in [0.05, 0.1) is 31.1 Å². The van der Waals surface area contributed by atoms with Gasteiger partial charge in [0.2, 0.25) is 5.89 Å². The molecule has 0 bridgehead atoms. The number of anilines is 1. The van der Waals surface area contributed by atoms with Crippen molar-refractivity contribution in [3.05, 3.63) is 71.9 Å². The van der Waals surface area contributed by atoms with Crippen molar-refractivity contribution in [1.29, 1.82) is 0 Å². The predicted octanol–water partition coefficient (Wildman–Crippen LogP) is 3.80. The average Bonchev–Trinajstić information content (AvgIpc) is 3.29. The summed E-state index contributed by atoms with van der Waals surface area (Å²) in [6, 6.07) is 15.1. The van der Waals surface area contributed by atoms with Gasteiger partial charge in [-0.2, -0.15) is 0 Å². The molecule has 1 aliphatic rings. The van der Waals surface area contributed by atoms with E-state index in [4.69, 9.17) is 9.15 Å². The van der Waals surface area contributed by atoms with E-state index in [9.17, 15) is 4.39 Å². The topological polar surface area (TPSA) is 74.9 Å². The predicted molar refractivity (Wildman–Crippen MR) is 134 cm³/mol. The summed E-state index contributed by atoms with van der Waals surface area (Å²) in [5.74, 6) is 0.957. The van der Waals surface area contributed by atoms with E-state index in [0.717, 1.165) is 16.8 Å². The van der Waals surface area contributed by atoms with Crippen LogP contribution in [0.4, 0.5) is 10.1 Å². The van der Waals surface area contributed by atoms with Crippen molar-refractivity contribution >= 4 is 35.6 Å². The summed E-state index contributed by atoms with van der Waals surface area (Å²) in [4.78, 5) is 10.7. The largest absolute Gasteiger partial charge is 0.444 e. The molecule has 32 heavy (non-hydrogen) atoms. The highest BCUT2D eigenvalue weighted by Crippen LogP contribution is 2.21. The average molecular weight is 551 g/mol. The lowest BCUT2D eigenvalue weighted by Crippen LogP contribution is -2.37. The highest BCUT2D eigenvalue weighted by atomic mass is 127. The summed E-state index contributed by atoms with van der Waals surface area (Å²) in [5.41, 5.74) is 3.15. The van der Waals surface area contributed by atoms with E-state index in [0.29, 0.717) is 56.9 Å². The second kappa shape index (κ2) is 11.8. The zero-order valence-electron chi connectivity index (χ0n) is 17.9. The van der Waals surface area contributed by atoms with Gasteiger partial charge >= 0.3 is 0 Å². The maximum atomic E-state index is 14.6. The Morgan fingerprint density at radius 3 is 2.56 bits per heavy atom. The fourth-order valence-electron chi connectivity index (χ4n) is 3.40. The lowest BCUT2D eigenvalue weighted by molar-refractivity contribution is 0.122. The number of morpholine rings is 1. The van der Waals surface area contributed by atoms with Gasteiger partial charge in [-0.3, -0.25) is 4.99 Å². The molecule has 1 aliphatic heterocycles. The second-order valence-electron chi connectivity index (χ2n) is 7.17. The van der Waals surface area contributed by atoms with Crippen molar-refractivity contribution in [2.75, 3.05) is 38.3 Å². The number of aromatic nitrogens is 1. The minimum Gasteiger partial charge on any atom is -0.444 e. The number of hydrogen-bond donors (Lipinski definition) is 2. The molecule has 2 aromatic carbocycles. The molecule has 0 atom stereocenters. The Labute approximate surface area is 204 Å². The van der Waals surface area contributed by atoms with Crippen molar-refractivity contribution in [3.8, 4) is 11.5 Å².